The standard InChI is InChI=1S/C14H25N2O14P3/c1-22-10-27-33(21,30-32(20,25-4)29-31(19,23-2)24-3)26-9-11-5-6-13(28-11)16-8-7-12(17)15-14(16)18/h7-8,11,13H,5-6,9-10H2,1-4H3,(H,15,17,18). The van der Waals surface area contributed by atoms with Crippen molar-refractivity contribution in [2.75, 3.05) is 41.8 Å². The maximum atomic E-state index is 13.0. The highest BCUT2D eigenvalue weighted by molar-refractivity contribution is 7.67. The van der Waals surface area contributed by atoms with Crippen molar-refractivity contribution in [2.45, 2.75) is 25.2 Å². The number of aromatic nitrogens is 2. The van der Waals surface area contributed by atoms with E-state index in [4.69, 9.17) is 18.1 Å². The molecular formula is C14H25N2O14P3. The molecule has 0 bridgehead atoms. The third-order valence-electron chi connectivity index (χ3n) is 4.06. The van der Waals surface area contributed by atoms with Gasteiger partial charge in [-0.15, -0.1) is 0 Å². The number of nitrogens with one attached hydrogen (secondary N) is 1. The lowest BCUT2D eigenvalue weighted by Gasteiger charge is -2.24. The van der Waals surface area contributed by atoms with E-state index in [2.05, 4.69) is 27.6 Å². The van der Waals surface area contributed by atoms with Crippen LogP contribution in [-0.2, 0) is 54.4 Å². The molecule has 2 rings (SSSR count). The molecular weight excluding hydrogens is 513 g/mol. The van der Waals surface area contributed by atoms with Crippen LogP contribution < -0.4 is 11.2 Å². The second kappa shape index (κ2) is 12.1. The van der Waals surface area contributed by atoms with Crippen LogP contribution >= 0.6 is 23.5 Å². The smallest absolute Gasteiger partial charge is 0.358 e. The molecule has 1 aromatic rings. The van der Waals surface area contributed by atoms with E-state index < -0.39 is 60.4 Å². The minimum absolute atomic E-state index is 0.363. The lowest BCUT2D eigenvalue weighted by Crippen LogP contribution is -2.31. The number of phosphoric acid groups is 3. The van der Waals surface area contributed by atoms with Gasteiger partial charge >= 0.3 is 29.2 Å². The van der Waals surface area contributed by atoms with E-state index in [-0.39, 0.29) is 0 Å². The highest BCUT2D eigenvalue weighted by atomic mass is 31.3. The van der Waals surface area contributed by atoms with E-state index in [1.54, 1.807) is 0 Å². The molecule has 4 unspecified atom stereocenters. The molecule has 33 heavy (non-hydrogen) atoms. The van der Waals surface area contributed by atoms with Gasteiger partial charge in [0.05, 0.1) is 12.7 Å². The van der Waals surface area contributed by atoms with Gasteiger partial charge in [0.15, 0.2) is 6.79 Å². The maximum Gasteiger partial charge on any atom is 0.492 e. The Morgan fingerprint density at radius 3 is 2.18 bits per heavy atom. The summed E-state index contributed by atoms with van der Waals surface area (Å²) in [4.78, 5) is 25.2. The predicted molar refractivity (Wildman–Crippen MR) is 109 cm³/mol. The summed E-state index contributed by atoms with van der Waals surface area (Å²) in [6, 6.07) is 1.16. The third-order valence-corrected chi connectivity index (χ3v) is 9.49. The van der Waals surface area contributed by atoms with Crippen LogP contribution in [0, 0.1) is 0 Å². The number of nitrogens with zero attached hydrogens (tertiary/aromatic N) is 1. The van der Waals surface area contributed by atoms with Gasteiger partial charge < -0.3 is 9.47 Å². The monoisotopic (exact) mass is 538 g/mol. The molecule has 1 N–H and O–H groups in total. The summed E-state index contributed by atoms with van der Waals surface area (Å²) in [5, 5.41) is 0. The normalized spacial score (nSPS) is 22.7. The summed E-state index contributed by atoms with van der Waals surface area (Å²) in [6.07, 6.45) is 0.603. The Kier molecular flexibility index (Phi) is 10.4. The van der Waals surface area contributed by atoms with Crippen molar-refractivity contribution in [1.29, 1.82) is 0 Å². The molecule has 2 heterocycles. The molecule has 1 aliphatic rings. The number of hydrogen-bond acceptors (Lipinski definition) is 14. The van der Waals surface area contributed by atoms with Crippen molar-refractivity contribution >= 4 is 23.5 Å². The molecule has 0 radical (unpaired) electrons. The van der Waals surface area contributed by atoms with Gasteiger partial charge in [-0.1, -0.05) is 0 Å². The first-order chi connectivity index (χ1) is 15.5. The van der Waals surface area contributed by atoms with Crippen LogP contribution in [0.3, 0.4) is 0 Å². The molecule has 190 valence electrons. The van der Waals surface area contributed by atoms with Gasteiger partial charge in [-0.3, -0.25) is 37.0 Å². The first-order valence-electron chi connectivity index (χ1n) is 9.16. The number of rotatable bonds is 14. The van der Waals surface area contributed by atoms with Crippen LogP contribution in [0.5, 0.6) is 0 Å². The van der Waals surface area contributed by atoms with Crippen molar-refractivity contribution < 1.29 is 54.4 Å². The van der Waals surface area contributed by atoms with Gasteiger partial charge in [0.25, 0.3) is 5.56 Å². The minimum Gasteiger partial charge on any atom is -0.358 e. The van der Waals surface area contributed by atoms with Crippen LogP contribution in [-0.4, -0.2) is 57.5 Å². The van der Waals surface area contributed by atoms with Gasteiger partial charge in [0.1, 0.15) is 6.23 Å². The summed E-state index contributed by atoms with van der Waals surface area (Å²) in [5.41, 5.74) is -1.22. The van der Waals surface area contributed by atoms with E-state index in [1.165, 1.54) is 17.9 Å². The molecule has 4 atom stereocenters. The molecule has 0 amide bonds. The molecule has 0 saturated carbocycles. The van der Waals surface area contributed by atoms with Crippen LogP contribution in [0.15, 0.2) is 21.9 Å². The highest BCUT2D eigenvalue weighted by Crippen LogP contribution is 2.72. The van der Waals surface area contributed by atoms with E-state index in [0.717, 1.165) is 27.4 Å². The zero-order valence-corrected chi connectivity index (χ0v) is 20.8. The number of aromatic amines is 1. The number of methoxy groups -OCH3 is 1. The first kappa shape index (κ1) is 28.2. The summed E-state index contributed by atoms with van der Waals surface area (Å²) in [5.74, 6) is 0. The Hall–Kier alpha value is -0.990. The van der Waals surface area contributed by atoms with Crippen molar-refractivity contribution in [3.8, 4) is 0 Å². The van der Waals surface area contributed by atoms with Crippen molar-refractivity contribution in [1.82, 2.24) is 9.55 Å². The van der Waals surface area contributed by atoms with Gasteiger partial charge in [0.2, 0.25) is 0 Å². The summed E-state index contributed by atoms with van der Waals surface area (Å²) >= 11 is 0. The summed E-state index contributed by atoms with van der Waals surface area (Å²) < 4.78 is 82.6. The van der Waals surface area contributed by atoms with Gasteiger partial charge in [0, 0.05) is 40.7 Å². The number of phosphoric ester groups is 2. The quantitative estimate of drug-likeness (QED) is 0.268. The maximum absolute atomic E-state index is 13.0. The molecule has 1 saturated heterocycles. The average Bonchev–Trinajstić information content (AvgIpc) is 3.25. The van der Waals surface area contributed by atoms with Crippen LogP contribution in [0.4, 0.5) is 0 Å². The Morgan fingerprint density at radius 2 is 1.61 bits per heavy atom. The molecule has 0 aliphatic carbocycles. The average molecular weight is 538 g/mol. The fraction of sp³-hybridized carbons (Fsp3) is 0.714. The zero-order chi connectivity index (χ0) is 24.7. The molecule has 16 nitrogen and oxygen atoms in total. The lowest BCUT2D eigenvalue weighted by atomic mass is 10.2. The van der Waals surface area contributed by atoms with Crippen LogP contribution in [0.1, 0.15) is 19.1 Å². The van der Waals surface area contributed by atoms with Gasteiger partial charge in [-0.05, 0) is 12.8 Å². The predicted octanol–water partition coefficient (Wildman–Crippen LogP) is 2.15. The molecule has 0 spiro atoms. The van der Waals surface area contributed by atoms with Crippen LogP contribution in [0.25, 0.3) is 0 Å². The van der Waals surface area contributed by atoms with Gasteiger partial charge in [-0.25, -0.2) is 18.5 Å². The van der Waals surface area contributed by atoms with Gasteiger partial charge in [-0.2, -0.15) is 8.62 Å². The Morgan fingerprint density at radius 1 is 0.970 bits per heavy atom. The molecule has 1 fully saturated rings. The first-order valence-corrected chi connectivity index (χ1v) is 13.5. The minimum atomic E-state index is -4.85. The lowest BCUT2D eigenvalue weighted by molar-refractivity contribution is -0.0332. The fourth-order valence-electron chi connectivity index (χ4n) is 2.51. The molecule has 19 heteroatoms. The van der Waals surface area contributed by atoms with E-state index in [1.807, 2.05) is 0 Å². The van der Waals surface area contributed by atoms with E-state index >= 15 is 0 Å². The molecule has 0 aromatic carbocycles. The van der Waals surface area contributed by atoms with Crippen LogP contribution in [0.2, 0.25) is 0 Å². The topological polar surface area (TPSA) is 189 Å². The van der Waals surface area contributed by atoms with Crippen molar-refractivity contribution in [3.63, 3.8) is 0 Å². The number of ether oxygens (including phenoxy) is 2. The Bertz CT molecular complexity index is 1030. The highest BCUT2D eigenvalue weighted by Gasteiger charge is 2.46. The summed E-state index contributed by atoms with van der Waals surface area (Å²) in [7, 11) is -9.96. The van der Waals surface area contributed by atoms with Crippen molar-refractivity contribution in [2.24, 2.45) is 0 Å². The fourth-order valence-corrected chi connectivity index (χ4v) is 7.11. The Balaban J connectivity index is 2.09. The number of H-pyrrole nitrogens is 1. The van der Waals surface area contributed by atoms with E-state index in [9.17, 15) is 23.3 Å². The van der Waals surface area contributed by atoms with Crippen molar-refractivity contribution in [3.05, 3.63) is 33.1 Å². The second-order valence-corrected chi connectivity index (χ2v) is 11.8. The second-order valence-electron chi connectivity index (χ2n) is 6.19. The third kappa shape index (κ3) is 8.03. The Labute approximate surface area is 188 Å². The molecule has 1 aliphatic heterocycles. The largest absolute Gasteiger partial charge is 0.492 e. The number of hydrogen-bond donors (Lipinski definition) is 1. The summed E-state index contributed by atoms with van der Waals surface area (Å²) in [6.45, 7) is -1.00. The zero-order valence-electron chi connectivity index (χ0n) is 18.1. The SMILES string of the molecule is COCOP(=O)(OCC1CCC(n2ccc(=O)[nH]c2=O)O1)OP(=O)(OC)OP(=O)(OC)OC. The van der Waals surface area contributed by atoms with E-state index in [0.29, 0.717) is 12.8 Å². The molecule has 1 aromatic heterocycles.